The van der Waals surface area contributed by atoms with Crippen molar-refractivity contribution in [2.45, 2.75) is 26.2 Å². The molecule has 0 radical (unpaired) electrons. The van der Waals surface area contributed by atoms with Gasteiger partial charge in [-0.1, -0.05) is 19.1 Å². The van der Waals surface area contributed by atoms with Gasteiger partial charge in [0.25, 0.3) is 0 Å². The van der Waals surface area contributed by atoms with Crippen LogP contribution in [0.25, 0.3) is 6.08 Å². The van der Waals surface area contributed by atoms with Crippen LogP contribution in [0, 0.1) is 5.92 Å². The van der Waals surface area contributed by atoms with E-state index in [9.17, 15) is 9.59 Å². The lowest BCUT2D eigenvalue weighted by molar-refractivity contribution is -0.111. The highest BCUT2D eigenvalue weighted by Crippen LogP contribution is 2.40. The van der Waals surface area contributed by atoms with Gasteiger partial charge in [-0.2, -0.15) is 0 Å². The summed E-state index contributed by atoms with van der Waals surface area (Å²) in [7, 11) is 2.98. The lowest BCUT2D eigenvalue weighted by atomic mass is 9.88. The largest absolute Gasteiger partial charge is 0.497 e. The van der Waals surface area contributed by atoms with Crippen LogP contribution in [0.4, 0.5) is 5.00 Å². The number of thiophene rings is 1. The van der Waals surface area contributed by atoms with E-state index in [1.165, 1.54) is 29.4 Å². The Labute approximate surface area is 163 Å². The molecule has 1 heterocycles. The third kappa shape index (κ3) is 4.39. The van der Waals surface area contributed by atoms with Gasteiger partial charge in [0.15, 0.2) is 0 Å². The summed E-state index contributed by atoms with van der Waals surface area (Å²) in [5, 5.41) is 3.43. The number of rotatable bonds is 5. The number of amides is 1. The van der Waals surface area contributed by atoms with Crippen LogP contribution in [0.1, 0.15) is 39.7 Å². The second-order valence-electron chi connectivity index (χ2n) is 6.64. The van der Waals surface area contributed by atoms with E-state index < -0.39 is 5.97 Å². The molecule has 1 amide bonds. The van der Waals surface area contributed by atoms with Crippen LogP contribution in [0.15, 0.2) is 30.3 Å². The first-order chi connectivity index (χ1) is 13.0. The van der Waals surface area contributed by atoms with E-state index in [4.69, 9.17) is 9.47 Å². The molecule has 27 heavy (non-hydrogen) atoms. The third-order valence-corrected chi connectivity index (χ3v) is 5.85. The van der Waals surface area contributed by atoms with Gasteiger partial charge < -0.3 is 14.8 Å². The standard InChI is InChI=1S/C21H23NO4S/c1-13-4-10-16-17(12-13)27-20(19(16)21(24)26-3)22-18(23)11-7-14-5-8-15(25-2)9-6-14/h5-9,11,13H,4,10,12H2,1-3H3,(H,22,23)/b11-7+/t13-/m1/s1. The molecule has 1 aliphatic rings. The van der Waals surface area contributed by atoms with E-state index >= 15 is 0 Å². The molecule has 2 aromatic rings. The van der Waals surface area contributed by atoms with Crippen molar-refractivity contribution in [1.82, 2.24) is 0 Å². The molecule has 1 atom stereocenters. The number of carbonyl (C=O) groups excluding carboxylic acids is 2. The number of esters is 1. The van der Waals surface area contributed by atoms with Crippen molar-refractivity contribution < 1.29 is 19.1 Å². The Morgan fingerprint density at radius 2 is 1.96 bits per heavy atom. The number of hydrogen-bond donors (Lipinski definition) is 1. The molecule has 0 spiro atoms. The molecule has 0 bridgehead atoms. The van der Waals surface area contributed by atoms with Crippen LogP contribution >= 0.6 is 11.3 Å². The van der Waals surface area contributed by atoms with Crippen molar-refractivity contribution in [3.05, 3.63) is 51.9 Å². The minimum absolute atomic E-state index is 0.275. The van der Waals surface area contributed by atoms with Crippen LogP contribution in [0.2, 0.25) is 0 Å². The normalized spacial score (nSPS) is 16.0. The molecule has 1 N–H and O–H groups in total. The third-order valence-electron chi connectivity index (χ3n) is 4.68. The fourth-order valence-electron chi connectivity index (χ4n) is 3.20. The van der Waals surface area contributed by atoms with Crippen molar-refractivity contribution in [3.8, 4) is 5.75 Å². The van der Waals surface area contributed by atoms with Crippen molar-refractivity contribution in [2.75, 3.05) is 19.5 Å². The molecule has 5 nitrogen and oxygen atoms in total. The maximum Gasteiger partial charge on any atom is 0.341 e. The lowest BCUT2D eigenvalue weighted by Gasteiger charge is -2.18. The fourth-order valence-corrected chi connectivity index (χ4v) is 4.60. The number of benzene rings is 1. The molecule has 0 fully saturated rings. The van der Waals surface area contributed by atoms with Gasteiger partial charge in [-0.3, -0.25) is 4.79 Å². The van der Waals surface area contributed by atoms with Crippen molar-refractivity contribution >= 4 is 34.3 Å². The van der Waals surface area contributed by atoms with Crippen LogP contribution in [-0.4, -0.2) is 26.1 Å². The average molecular weight is 385 g/mol. The zero-order valence-corrected chi connectivity index (χ0v) is 16.5. The molecule has 0 aliphatic heterocycles. The van der Waals surface area contributed by atoms with E-state index in [0.29, 0.717) is 16.5 Å². The highest BCUT2D eigenvalue weighted by atomic mass is 32.1. The molecule has 0 saturated carbocycles. The topological polar surface area (TPSA) is 64.6 Å². The first-order valence-corrected chi connectivity index (χ1v) is 9.69. The molecule has 0 saturated heterocycles. The summed E-state index contributed by atoms with van der Waals surface area (Å²) in [6.45, 7) is 2.20. The molecule has 0 unspecified atom stereocenters. The summed E-state index contributed by atoms with van der Waals surface area (Å²) in [4.78, 5) is 25.8. The first kappa shape index (κ1) is 19.2. The lowest BCUT2D eigenvalue weighted by Crippen LogP contribution is -2.14. The van der Waals surface area contributed by atoms with E-state index in [1.807, 2.05) is 24.3 Å². The van der Waals surface area contributed by atoms with Crippen molar-refractivity contribution in [3.63, 3.8) is 0 Å². The first-order valence-electron chi connectivity index (χ1n) is 8.87. The number of anilines is 1. The van der Waals surface area contributed by atoms with Gasteiger partial charge >= 0.3 is 5.97 Å². The monoisotopic (exact) mass is 385 g/mol. The molecule has 142 valence electrons. The smallest absolute Gasteiger partial charge is 0.341 e. The number of ether oxygens (including phenoxy) is 2. The number of hydrogen-bond acceptors (Lipinski definition) is 5. The summed E-state index contributed by atoms with van der Waals surface area (Å²) in [5.41, 5.74) is 2.42. The summed E-state index contributed by atoms with van der Waals surface area (Å²) in [6, 6.07) is 7.41. The van der Waals surface area contributed by atoms with Gasteiger partial charge in [-0.25, -0.2) is 4.79 Å². The molecular formula is C21H23NO4S. The van der Waals surface area contributed by atoms with Gasteiger partial charge in [0.05, 0.1) is 19.8 Å². The molecule has 6 heteroatoms. The van der Waals surface area contributed by atoms with Crippen molar-refractivity contribution in [2.24, 2.45) is 5.92 Å². The highest BCUT2D eigenvalue weighted by Gasteiger charge is 2.28. The molecule has 3 rings (SSSR count). The van der Waals surface area contributed by atoms with E-state index in [-0.39, 0.29) is 5.91 Å². The Hall–Kier alpha value is -2.60. The number of methoxy groups -OCH3 is 2. The summed E-state index contributed by atoms with van der Waals surface area (Å²) < 4.78 is 10.1. The quantitative estimate of drug-likeness (QED) is 0.615. The maximum absolute atomic E-state index is 12.4. The molecular weight excluding hydrogens is 362 g/mol. The highest BCUT2D eigenvalue weighted by molar-refractivity contribution is 7.17. The summed E-state index contributed by atoms with van der Waals surface area (Å²) in [5.74, 6) is 0.678. The minimum atomic E-state index is -0.392. The Morgan fingerprint density at radius 1 is 1.22 bits per heavy atom. The van der Waals surface area contributed by atoms with E-state index in [2.05, 4.69) is 12.2 Å². The van der Waals surface area contributed by atoms with Crippen LogP contribution in [-0.2, 0) is 22.4 Å². The van der Waals surface area contributed by atoms with Crippen LogP contribution in [0.5, 0.6) is 5.75 Å². The van der Waals surface area contributed by atoms with Crippen LogP contribution < -0.4 is 10.1 Å². The van der Waals surface area contributed by atoms with Gasteiger partial charge in [-0.15, -0.1) is 11.3 Å². The predicted molar refractivity (Wildman–Crippen MR) is 108 cm³/mol. The number of fused-ring (bicyclic) bond motifs is 1. The zero-order valence-electron chi connectivity index (χ0n) is 15.7. The predicted octanol–water partition coefficient (Wildman–Crippen LogP) is 4.32. The molecule has 1 aromatic carbocycles. The summed E-state index contributed by atoms with van der Waals surface area (Å²) in [6.07, 6.45) is 6.00. The van der Waals surface area contributed by atoms with Crippen molar-refractivity contribution in [1.29, 1.82) is 0 Å². The molecule has 1 aliphatic carbocycles. The Kier molecular flexibility index (Phi) is 5.96. The molecule has 1 aromatic heterocycles. The van der Waals surface area contributed by atoms with Gasteiger partial charge in [0.2, 0.25) is 5.91 Å². The zero-order chi connectivity index (χ0) is 19.4. The maximum atomic E-state index is 12.4. The number of carbonyl (C=O) groups is 2. The second kappa shape index (κ2) is 8.39. The summed E-state index contributed by atoms with van der Waals surface area (Å²) >= 11 is 1.48. The van der Waals surface area contributed by atoms with Gasteiger partial charge in [-0.05, 0) is 54.5 Å². The van der Waals surface area contributed by atoms with E-state index in [0.717, 1.165) is 36.1 Å². The number of nitrogens with one attached hydrogen (secondary N) is 1. The minimum Gasteiger partial charge on any atom is -0.497 e. The SMILES string of the molecule is COC(=O)c1c(NC(=O)/C=C/c2ccc(OC)cc2)sc2c1CC[C@@H](C)C2. The Bertz CT molecular complexity index is 867. The van der Waals surface area contributed by atoms with Gasteiger partial charge in [0.1, 0.15) is 10.8 Å². The average Bonchev–Trinajstić information content (AvgIpc) is 3.02. The fraction of sp³-hybridized carbons (Fsp3) is 0.333. The Balaban J connectivity index is 1.78. The van der Waals surface area contributed by atoms with E-state index in [1.54, 1.807) is 13.2 Å². The Morgan fingerprint density at radius 3 is 2.63 bits per heavy atom. The van der Waals surface area contributed by atoms with Gasteiger partial charge in [0, 0.05) is 11.0 Å². The van der Waals surface area contributed by atoms with Crippen LogP contribution in [0.3, 0.4) is 0 Å². The second-order valence-corrected chi connectivity index (χ2v) is 7.75.